The Hall–Kier alpha value is -3.08. The molecule has 0 spiro atoms. The molecule has 1 heterocycles. The standard InChI is InChI=1S/C24H27NO5S/c1-16-6-8-19(15-18(16)3)29-14-4-5-20-10-11-21(31-20)9-7-17(2)24(25)30-23(28)13-12-22(26)27/h6,8,10-13,15,17,24H,7,9,14,25H2,1-3H3,(H,26,27)/t17-,24?/m1/s1. The second-order valence-corrected chi connectivity index (χ2v) is 8.36. The molecule has 0 aliphatic rings. The first-order valence-corrected chi connectivity index (χ1v) is 10.7. The number of nitrogens with two attached hydrogens (primary N) is 1. The van der Waals surface area contributed by atoms with Crippen molar-refractivity contribution in [2.45, 2.75) is 39.8 Å². The minimum absolute atomic E-state index is 0.0785. The van der Waals surface area contributed by atoms with Crippen molar-refractivity contribution >= 4 is 23.3 Å². The summed E-state index contributed by atoms with van der Waals surface area (Å²) in [5.74, 6) is 4.90. The molecule has 1 unspecified atom stereocenters. The Balaban J connectivity index is 1.77. The molecular formula is C24H27NO5S. The Bertz CT molecular complexity index is 999. The van der Waals surface area contributed by atoms with E-state index in [1.165, 1.54) is 11.1 Å². The van der Waals surface area contributed by atoms with E-state index >= 15 is 0 Å². The largest absolute Gasteiger partial charge is 0.481 e. The Kier molecular flexibility index (Phi) is 9.32. The number of carboxylic acids is 1. The summed E-state index contributed by atoms with van der Waals surface area (Å²) >= 11 is 1.61. The van der Waals surface area contributed by atoms with E-state index in [9.17, 15) is 9.59 Å². The molecule has 2 rings (SSSR count). The number of thiophene rings is 1. The van der Waals surface area contributed by atoms with Crippen molar-refractivity contribution in [3.8, 4) is 17.6 Å². The number of esters is 1. The van der Waals surface area contributed by atoms with Gasteiger partial charge < -0.3 is 14.6 Å². The zero-order valence-corrected chi connectivity index (χ0v) is 18.7. The molecule has 31 heavy (non-hydrogen) atoms. The van der Waals surface area contributed by atoms with Crippen LogP contribution in [0.15, 0.2) is 42.5 Å². The van der Waals surface area contributed by atoms with E-state index in [0.29, 0.717) is 6.61 Å². The van der Waals surface area contributed by atoms with Gasteiger partial charge in [-0.3, -0.25) is 5.73 Å². The molecule has 1 aromatic carbocycles. The van der Waals surface area contributed by atoms with Crippen LogP contribution in [0.5, 0.6) is 5.75 Å². The smallest absolute Gasteiger partial charge is 0.332 e. The van der Waals surface area contributed by atoms with Crippen molar-refractivity contribution < 1.29 is 24.2 Å². The molecule has 164 valence electrons. The Labute approximate surface area is 186 Å². The maximum atomic E-state index is 11.5. The average Bonchev–Trinajstić information content (AvgIpc) is 3.18. The molecule has 0 aliphatic carbocycles. The fourth-order valence-electron chi connectivity index (χ4n) is 2.59. The highest BCUT2D eigenvalue weighted by Gasteiger charge is 2.16. The molecular weight excluding hydrogens is 414 g/mol. The van der Waals surface area contributed by atoms with Crippen LogP contribution in [-0.4, -0.2) is 29.9 Å². The van der Waals surface area contributed by atoms with E-state index in [1.807, 2.05) is 37.3 Å². The van der Waals surface area contributed by atoms with Gasteiger partial charge in [0.2, 0.25) is 0 Å². The highest BCUT2D eigenvalue weighted by molar-refractivity contribution is 7.12. The number of rotatable bonds is 9. The summed E-state index contributed by atoms with van der Waals surface area (Å²) < 4.78 is 10.7. The lowest BCUT2D eigenvalue weighted by atomic mass is 10.0. The first-order valence-electron chi connectivity index (χ1n) is 9.89. The molecule has 0 radical (unpaired) electrons. The summed E-state index contributed by atoms with van der Waals surface area (Å²) in [6.07, 6.45) is 2.28. The monoisotopic (exact) mass is 441 g/mol. The average molecular weight is 442 g/mol. The molecule has 0 saturated heterocycles. The van der Waals surface area contributed by atoms with Crippen LogP contribution in [0.3, 0.4) is 0 Å². The van der Waals surface area contributed by atoms with Gasteiger partial charge >= 0.3 is 11.9 Å². The first-order chi connectivity index (χ1) is 14.7. The Morgan fingerprint density at radius 3 is 2.68 bits per heavy atom. The van der Waals surface area contributed by atoms with Gasteiger partial charge in [0, 0.05) is 22.9 Å². The summed E-state index contributed by atoms with van der Waals surface area (Å²) in [7, 11) is 0. The third kappa shape index (κ3) is 8.67. The van der Waals surface area contributed by atoms with Crippen molar-refractivity contribution in [1.29, 1.82) is 0 Å². The number of carbonyl (C=O) groups excluding carboxylic acids is 1. The molecule has 0 saturated carbocycles. The topological polar surface area (TPSA) is 98.9 Å². The van der Waals surface area contributed by atoms with Gasteiger partial charge in [0.25, 0.3) is 0 Å². The quantitative estimate of drug-likeness (QED) is 0.266. The van der Waals surface area contributed by atoms with Gasteiger partial charge in [-0.05, 0) is 62.1 Å². The molecule has 6 nitrogen and oxygen atoms in total. The summed E-state index contributed by atoms with van der Waals surface area (Å²) in [6, 6.07) is 9.98. The van der Waals surface area contributed by atoms with Crippen LogP contribution in [0.2, 0.25) is 0 Å². The van der Waals surface area contributed by atoms with Crippen LogP contribution in [0, 0.1) is 31.6 Å². The second-order valence-electron chi connectivity index (χ2n) is 7.19. The van der Waals surface area contributed by atoms with Crippen LogP contribution in [0.4, 0.5) is 0 Å². The number of hydrogen-bond acceptors (Lipinski definition) is 6. The highest BCUT2D eigenvalue weighted by atomic mass is 32.1. The number of carboxylic acid groups (broad SMARTS) is 1. The number of carbonyl (C=O) groups is 2. The predicted octanol–water partition coefficient (Wildman–Crippen LogP) is 3.83. The maximum absolute atomic E-state index is 11.5. The second kappa shape index (κ2) is 11.9. The van der Waals surface area contributed by atoms with Crippen LogP contribution in [-0.2, 0) is 20.7 Å². The Morgan fingerprint density at radius 2 is 1.97 bits per heavy atom. The third-order valence-corrected chi connectivity index (χ3v) is 5.74. The lowest BCUT2D eigenvalue weighted by Gasteiger charge is -2.19. The summed E-state index contributed by atoms with van der Waals surface area (Å²) in [5.41, 5.74) is 8.30. The normalized spacial score (nSPS) is 12.6. The van der Waals surface area contributed by atoms with Crippen molar-refractivity contribution in [3.05, 3.63) is 63.4 Å². The Morgan fingerprint density at radius 1 is 1.19 bits per heavy atom. The van der Waals surface area contributed by atoms with E-state index in [2.05, 4.69) is 25.7 Å². The fourth-order valence-corrected chi connectivity index (χ4v) is 3.49. The number of aliphatic carboxylic acids is 1. The number of aryl methyl sites for hydroxylation is 3. The zero-order chi connectivity index (χ0) is 22.8. The van der Waals surface area contributed by atoms with Gasteiger partial charge in [-0.1, -0.05) is 24.8 Å². The molecule has 0 bridgehead atoms. The molecule has 1 aromatic heterocycles. The van der Waals surface area contributed by atoms with E-state index in [4.69, 9.17) is 20.3 Å². The summed E-state index contributed by atoms with van der Waals surface area (Å²) in [5, 5.41) is 8.52. The van der Waals surface area contributed by atoms with Crippen LogP contribution >= 0.6 is 11.3 Å². The number of ether oxygens (including phenoxy) is 2. The van der Waals surface area contributed by atoms with Gasteiger partial charge in [-0.15, -0.1) is 11.3 Å². The van der Waals surface area contributed by atoms with Gasteiger partial charge in [0.1, 0.15) is 12.4 Å². The van der Waals surface area contributed by atoms with Crippen LogP contribution < -0.4 is 10.5 Å². The van der Waals surface area contributed by atoms with Gasteiger partial charge in [-0.25, -0.2) is 9.59 Å². The fraction of sp³-hybridized carbons (Fsp3) is 0.333. The molecule has 3 N–H and O–H groups in total. The lowest BCUT2D eigenvalue weighted by molar-refractivity contribution is -0.145. The number of hydrogen-bond donors (Lipinski definition) is 2. The molecule has 2 atom stereocenters. The first kappa shape index (κ1) is 24.2. The van der Waals surface area contributed by atoms with E-state index < -0.39 is 18.2 Å². The van der Waals surface area contributed by atoms with Crippen molar-refractivity contribution in [2.24, 2.45) is 11.7 Å². The van der Waals surface area contributed by atoms with E-state index in [1.54, 1.807) is 11.3 Å². The minimum Gasteiger partial charge on any atom is -0.481 e. The highest BCUT2D eigenvalue weighted by Crippen LogP contribution is 2.20. The molecule has 2 aromatic rings. The minimum atomic E-state index is -1.22. The molecule has 0 aliphatic heterocycles. The van der Waals surface area contributed by atoms with Crippen LogP contribution in [0.25, 0.3) is 0 Å². The molecule has 0 fully saturated rings. The van der Waals surface area contributed by atoms with Crippen molar-refractivity contribution in [3.63, 3.8) is 0 Å². The molecule has 0 amide bonds. The van der Waals surface area contributed by atoms with E-state index in [-0.39, 0.29) is 5.92 Å². The van der Waals surface area contributed by atoms with E-state index in [0.717, 1.165) is 40.5 Å². The van der Waals surface area contributed by atoms with Gasteiger partial charge in [0.15, 0.2) is 6.23 Å². The van der Waals surface area contributed by atoms with Crippen molar-refractivity contribution in [1.82, 2.24) is 0 Å². The maximum Gasteiger partial charge on any atom is 0.332 e. The predicted molar refractivity (Wildman–Crippen MR) is 121 cm³/mol. The number of benzene rings is 1. The summed E-state index contributed by atoms with van der Waals surface area (Å²) in [6.45, 7) is 6.32. The van der Waals surface area contributed by atoms with Gasteiger partial charge in [0.05, 0.1) is 4.88 Å². The zero-order valence-electron chi connectivity index (χ0n) is 17.9. The van der Waals surface area contributed by atoms with Crippen LogP contribution in [0.1, 0.15) is 34.2 Å². The van der Waals surface area contributed by atoms with Crippen molar-refractivity contribution in [2.75, 3.05) is 6.61 Å². The third-order valence-electron chi connectivity index (χ3n) is 4.68. The summed E-state index contributed by atoms with van der Waals surface area (Å²) in [4.78, 5) is 24.0. The lowest BCUT2D eigenvalue weighted by Crippen LogP contribution is -2.33. The SMILES string of the molecule is Cc1ccc(OCC#Cc2ccc(CC[C@@H](C)C(N)OC(=O)C=CC(=O)O)s2)cc1C. The molecule has 7 heteroatoms. The van der Waals surface area contributed by atoms with Gasteiger partial charge in [-0.2, -0.15) is 0 Å².